The molecule has 0 bridgehead atoms. The molecule has 0 aliphatic carbocycles. The number of benzene rings is 3. The van der Waals surface area contributed by atoms with Crippen molar-refractivity contribution in [3.63, 3.8) is 0 Å². The smallest absolute Gasteiger partial charge is 0.303 e. The van der Waals surface area contributed by atoms with Crippen LogP contribution in [0.3, 0.4) is 0 Å². The van der Waals surface area contributed by atoms with Gasteiger partial charge in [-0.15, -0.1) is 0 Å². The number of hydrazone groups is 1. The van der Waals surface area contributed by atoms with Gasteiger partial charge < -0.3 is 10.0 Å². The van der Waals surface area contributed by atoms with Crippen LogP contribution in [0.15, 0.2) is 90.0 Å². The van der Waals surface area contributed by atoms with Gasteiger partial charge >= 0.3 is 5.97 Å². The van der Waals surface area contributed by atoms with Crippen molar-refractivity contribution in [2.24, 2.45) is 5.10 Å². The maximum atomic E-state index is 11.8. The number of para-hydroxylation sites is 2. The zero-order valence-corrected chi connectivity index (χ0v) is 17.1. The molecule has 0 saturated heterocycles. The summed E-state index contributed by atoms with van der Waals surface area (Å²) in [7, 11) is 0. The molecule has 0 aromatic heterocycles. The number of amides is 1. The minimum Gasteiger partial charge on any atom is -0.481 e. The van der Waals surface area contributed by atoms with Crippen LogP contribution in [0.1, 0.15) is 31.2 Å². The predicted molar refractivity (Wildman–Crippen MR) is 123 cm³/mol. The first kappa shape index (κ1) is 21.8. The molecule has 6 heteroatoms. The Morgan fingerprint density at radius 2 is 1.29 bits per heavy atom. The van der Waals surface area contributed by atoms with Crippen LogP contribution in [0.25, 0.3) is 0 Å². The SMILES string of the molecule is O=C(O)CCCCC(=O)N/N=C/c1ccc(N(c2ccccc2)c2ccccc2)cc1. The van der Waals surface area contributed by atoms with Gasteiger partial charge in [-0.3, -0.25) is 9.59 Å². The highest BCUT2D eigenvalue weighted by atomic mass is 16.4. The highest BCUT2D eigenvalue weighted by Crippen LogP contribution is 2.33. The highest BCUT2D eigenvalue weighted by molar-refractivity contribution is 5.84. The number of nitrogens with zero attached hydrogens (tertiary/aromatic N) is 2. The number of unbranched alkanes of at least 4 members (excludes halogenated alkanes) is 1. The van der Waals surface area contributed by atoms with E-state index in [1.54, 1.807) is 6.21 Å². The van der Waals surface area contributed by atoms with Crippen molar-refractivity contribution in [2.75, 3.05) is 4.90 Å². The lowest BCUT2D eigenvalue weighted by Crippen LogP contribution is -2.17. The molecule has 0 spiro atoms. The van der Waals surface area contributed by atoms with E-state index in [-0.39, 0.29) is 18.7 Å². The van der Waals surface area contributed by atoms with Crippen molar-refractivity contribution in [3.8, 4) is 0 Å². The minimum atomic E-state index is -0.847. The van der Waals surface area contributed by atoms with Crippen molar-refractivity contribution >= 4 is 35.2 Å². The summed E-state index contributed by atoms with van der Waals surface area (Å²) in [6.45, 7) is 0. The van der Waals surface area contributed by atoms with Gasteiger partial charge in [-0.25, -0.2) is 5.43 Å². The molecule has 0 aliphatic rings. The predicted octanol–water partition coefficient (Wildman–Crippen LogP) is 5.25. The molecule has 1 amide bonds. The molecular weight excluding hydrogens is 390 g/mol. The summed E-state index contributed by atoms with van der Waals surface area (Å²) >= 11 is 0. The van der Waals surface area contributed by atoms with E-state index in [0.717, 1.165) is 22.6 Å². The number of hydrogen-bond donors (Lipinski definition) is 2. The van der Waals surface area contributed by atoms with Gasteiger partial charge in [-0.2, -0.15) is 5.10 Å². The number of carboxylic acids is 1. The van der Waals surface area contributed by atoms with Crippen molar-refractivity contribution in [1.29, 1.82) is 0 Å². The summed E-state index contributed by atoms with van der Waals surface area (Å²) in [5, 5.41) is 12.6. The molecule has 3 aromatic carbocycles. The maximum absolute atomic E-state index is 11.8. The van der Waals surface area contributed by atoms with Gasteiger partial charge in [0.1, 0.15) is 0 Å². The average molecular weight is 415 g/mol. The first-order valence-corrected chi connectivity index (χ1v) is 10.2. The summed E-state index contributed by atoms with van der Waals surface area (Å²) in [4.78, 5) is 24.4. The fraction of sp³-hybridized carbons (Fsp3) is 0.160. The second-order valence-corrected chi connectivity index (χ2v) is 6.99. The van der Waals surface area contributed by atoms with E-state index >= 15 is 0 Å². The Labute approximate surface area is 181 Å². The van der Waals surface area contributed by atoms with Crippen LogP contribution in [-0.4, -0.2) is 23.2 Å². The second-order valence-electron chi connectivity index (χ2n) is 6.99. The van der Waals surface area contributed by atoms with Crippen LogP contribution >= 0.6 is 0 Å². The maximum Gasteiger partial charge on any atom is 0.303 e. The third kappa shape index (κ3) is 6.82. The standard InChI is InChI=1S/C25H25N3O3/c29-24(13-7-8-14-25(30)31)27-26-19-20-15-17-23(18-16-20)28(21-9-3-1-4-10-21)22-11-5-2-6-12-22/h1-6,9-12,15-19H,7-8,13-14H2,(H,27,29)(H,30,31)/b26-19+. The van der Waals surface area contributed by atoms with E-state index in [9.17, 15) is 9.59 Å². The molecule has 0 unspecified atom stereocenters. The zero-order chi connectivity index (χ0) is 21.9. The third-order valence-electron chi connectivity index (χ3n) is 4.63. The zero-order valence-electron chi connectivity index (χ0n) is 17.1. The van der Waals surface area contributed by atoms with Crippen LogP contribution in [0.2, 0.25) is 0 Å². The molecule has 6 nitrogen and oxygen atoms in total. The number of hydrogen-bond acceptors (Lipinski definition) is 4. The second kappa shape index (κ2) is 11.3. The molecular formula is C25H25N3O3. The number of carbonyl (C=O) groups excluding carboxylic acids is 1. The molecule has 31 heavy (non-hydrogen) atoms. The van der Waals surface area contributed by atoms with Crippen molar-refractivity contribution in [3.05, 3.63) is 90.5 Å². The van der Waals surface area contributed by atoms with Crippen LogP contribution in [0, 0.1) is 0 Å². The quantitative estimate of drug-likeness (QED) is 0.269. The van der Waals surface area contributed by atoms with E-state index in [0.29, 0.717) is 12.8 Å². The van der Waals surface area contributed by atoms with E-state index in [1.807, 2.05) is 60.7 Å². The third-order valence-corrected chi connectivity index (χ3v) is 4.63. The molecule has 2 N–H and O–H groups in total. The van der Waals surface area contributed by atoms with Gasteiger partial charge in [-0.05, 0) is 54.8 Å². The molecule has 0 aliphatic heterocycles. The number of aliphatic carboxylic acids is 1. The van der Waals surface area contributed by atoms with Crippen LogP contribution in [0.5, 0.6) is 0 Å². The lowest BCUT2D eigenvalue weighted by atomic mass is 10.1. The topological polar surface area (TPSA) is 82.0 Å². The Kier molecular flexibility index (Phi) is 7.94. The summed E-state index contributed by atoms with van der Waals surface area (Å²) in [5.74, 6) is -1.07. The van der Waals surface area contributed by atoms with Gasteiger partial charge in [0.25, 0.3) is 0 Å². The van der Waals surface area contributed by atoms with Crippen molar-refractivity contribution in [2.45, 2.75) is 25.7 Å². The number of nitrogens with one attached hydrogen (secondary N) is 1. The number of rotatable bonds is 10. The molecule has 0 radical (unpaired) electrons. The molecule has 0 fully saturated rings. The normalized spacial score (nSPS) is 10.7. The average Bonchev–Trinajstić information content (AvgIpc) is 2.79. The lowest BCUT2D eigenvalue weighted by Gasteiger charge is -2.25. The monoisotopic (exact) mass is 415 g/mol. The molecule has 0 heterocycles. The lowest BCUT2D eigenvalue weighted by molar-refractivity contribution is -0.137. The largest absolute Gasteiger partial charge is 0.481 e. The van der Waals surface area contributed by atoms with Gasteiger partial charge in [0.2, 0.25) is 5.91 Å². The first-order chi connectivity index (χ1) is 15.1. The Hall–Kier alpha value is -3.93. The number of carboxylic acid groups (broad SMARTS) is 1. The van der Waals surface area contributed by atoms with Gasteiger partial charge in [0.15, 0.2) is 0 Å². The number of carbonyl (C=O) groups is 2. The Balaban J connectivity index is 1.63. The Morgan fingerprint density at radius 3 is 1.84 bits per heavy atom. The Bertz CT molecular complexity index is 964. The molecule has 3 rings (SSSR count). The summed E-state index contributed by atoms with van der Waals surface area (Å²) in [5.41, 5.74) is 6.47. The van der Waals surface area contributed by atoms with Gasteiger partial charge in [0.05, 0.1) is 6.21 Å². The van der Waals surface area contributed by atoms with Crippen molar-refractivity contribution < 1.29 is 14.7 Å². The first-order valence-electron chi connectivity index (χ1n) is 10.2. The van der Waals surface area contributed by atoms with E-state index in [2.05, 4.69) is 39.7 Å². The molecule has 0 saturated carbocycles. The molecule has 158 valence electrons. The number of anilines is 3. The fourth-order valence-corrected chi connectivity index (χ4v) is 3.11. The van der Waals surface area contributed by atoms with Crippen LogP contribution in [0.4, 0.5) is 17.1 Å². The van der Waals surface area contributed by atoms with Crippen molar-refractivity contribution in [1.82, 2.24) is 5.43 Å². The summed E-state index contributed by atoms with van der Waals surface area (Å²) in [6, 6.07) is 28.2. The van der Waals surface area contributed by atoms with E-state index in [1.165, 1.54) is 0 Å². The van der Waals surface area contributed by atoms with Crippen LogP contribution in [-0.2, 0) is 9.59 Å². The summed E-state index contributed by atoms with van der Waals surface area (Å²) in [6.07, 6.45) is 2.93. The summed E-state index contributed by atoms with van der Waals surface area (Å²) < 4.78 is 0. The fourth-order valence-electron chi connectivity index (χ4n) is 3.11. The van der Waals surface area contributed by atoms with Gasteiger partial charge in [-0.1, -0.05) is 48.5 Å². The van der Waals surface area contributed by atoms with E-state index < -0.39 is 5.97 Å². The van der Waals surface area contributed by atoms with E-state index in [4.69, 9.17) is 5.11 Å². The van der Waals surface area contributed by atoms with Crippen LogP contribution < -0.4 is 10.3 Å². The Morgan fingerprint density at radius 1 is 0.774 bits per heavy atom. The minimum absolute atomic E-state index is 0.0753. The molecule has 0 atom stereocenters. The van der Waals surface area contributed by atoms with Gasteiger partial charge in [0, 0.05) is 29.9 Å². The molecule has 3 aromatic rings. The highest BCUT2D eigenvalue weighted by Gasteiger charge is 2.11.